The molecule has 0 aromatic carbocycles. The molecule has 14 heavy (non-hydrogen) atoms. The molecule has 1 fully saturated rings. The Kier molecular flexibility index (Phi) is 3.14. The smallest absolute Gasteiger partial charge is 0.223 e. The van der Waals surface area contributed by atoms with Crippen LogP contribution in [0, 0.1) is 11.3 Å². The van der Waals surface area contributed by atoms with Gasteiger partial charge in [0, 0.05) is 18.4 Å². The Morgan fingerprint density at radius 1 is 1.71 bits per heavy atom. The number of thiocarbonyl (C=S) groups is 1. The summed E-state index contributed by atoms with van der Waals surface area (Å²) >= 11 is 4.78. The fraction of sp³-hybridized carbons (Fsp3) is 0.800. The SMILES string of the molecule is CC(CC(N)=S)NC(=O)C1CC1(C)C. The van der Waals surface area contributed by atoms with Gasteiger partial charge >= 0.3 is 0 Å². The minimum Gasteiger partial charge on any atom is -0.393 e. The van der Waals surface area contributed by atoms with E-state index in [4.69, 9.17) is 18.0 Å². The predicted molar refractivity (Wildman–Crippen MR) is 60.9 cm³/mol. The van der Waals surface area contributed by atoms with Crippen molar-refractivity contribution in [3.05, 3.63) is 0 Å². The van der Waals surface area contributed by atoms with Crippen molar-refractivity contribution < 1.29 is 4.79 Å². The zero-order valence-corrected chi connectivity index (χ0v) is 9.78. The Labute approximate surface area is 90.4 Å². The van der Waals surface area contributed by atoms with Gasteiger partial charge in [0.05, 0.1) is 4.99 Å². The second-order valence-electron chi connectivity index (χ2n) is 4.83. The molecule has 0 aromatic rings. The van der Waals surface area contributed by atoms with Crippen LogP contribution in [0.15, 0.2) is 0 Å². The maximum absolute atomic E-state index is 11.6. The Morgan fingerprint density at radius 2 is 2.21 bits per heavy atom. The van der Waals surface area contributed by atoms with Crippen LogP contribution in [0.2, 0.25) is 0 Å². The van der Waals surface area contributed by atoms with Gasteiger partial charge in [-0.05, 0) is 18.8 Å². The van der Waals surface area contributed by atoms with Gasteiger partial charge in [-0.2, -0.15) is 0 Å². The van der Waals surface area contributed by atoms with Crippen molar-refractivity contribution >= 4 is 23.1 Å². The van der Waals surface area contributed by atoms with E-state index in [0.29, 0.717) is 11.4 Å². The predicted octanol–water partition coefficient (Wildman–Crippen LogP) is 1.21. The summed E-state index contributed by atoms with van der Waals surface area (Å²) in [7, 11) is 0. The third kappa shape index (κ3) is 2.94. The van der Waals surface area contributed by atoms with Crippen molar-refractivity contribution in [1.29, 1.82) is 0 Å². The van der Waals surface area contributed by atoms with E-state index in [2.05, 4.69) is 19.2 Å². The minimum absolute atomic E-state index is 0.0522. The average Bonchev–Trinajstić information content (AvgIpc) is 2.57. The first-order valence-corrected chi connectivity index (χ1v) is 5.32. The van der Waals surface area contributed by atoms with Gasteiger partial charge in [0.25, 0.3) is 0 Å². The van der Waals surface area contributed by atoms with E-state index in [1.54, 1.807) is 0 Å². The van der Waals surface area contributed by atoms with Gasteiger partial charge < -0.3 is 11.1 Å². The average molecular weight is 214 g/mol. The molecular weight excluding hydrogens is 196 g/mol. The molecule has 0 spiro atoms. The lowest BCUT2D eigenvalue weighted by Gasteiger charge is -2.13. The zero-order valence-electron chi connectivity index (χ0n) is 8.96. The van der Waals surface area contributed by atoms with Crippen LogP contribution >= 0.6 is 12.2 Å². The summed E-state index contributed by atoms with van der Waals surface area (Å²) in [5.74, 6) is 0.315. The van der Waals surface area contributed by atoms with Crippen molar-refractivity contribution in [2.45, 2.75) is 39.7 Å². The van der Waals surface area contributed by atoms with Crippen molar-refractivity contribution in [3.8, 4) is 0 Å². The highest BCUT2D eigenvalue weighted by Gasteiger charge is 2.50. The normalized spacial score (nSPS) is 25.2. The quantitative estimate of drug-likeness (QED) is 0.692. The zero-order chi connectivity index (χ0) is 10.9. The lowest BCUT2D eigenvalue weighted by molar-refractivity contribution is -0.123. The van der Waals surface area contributed by atoms with Crippen molar-refractivity contribution in [1.82, 2.24) is 5.32 Å². The molecule has 3 N–H and O–H groups in total. The van der Waals surface area contributed by atoms with Gasteiger partial charge in [-0.25, -0.2) is 0 Å². The van der Waals surface area contributed by atoms with E-state index in [1.165, 1.54) is 0 Å². The number of amides is 1. The van der Waals surface area contributed by atoms with E-state index >= 15 is 0 Å². The molecule has 0 saturated heterocycles. The van der Waals surface area contributed by atoms with Gasteiger partial charge in [-0.1, -0.05) is 26.1 Å². The Hall–Kier alpha value is -0.640. The van der Waals surface area contributed by atoms with E-state index < -0.39 is 0 Å². The van der Waals surface area contributed by atoms with Gasteiger partial charge in [0.2, 0.25) is 5.91 Å². The molecule has 1 saturated carbocycles. The van der Waals surface area contributed by atoms with E-state index in [0.717, 1.165) is 6.42 Å². The highest BCUT2D eigenvalue weighted by molar-refractivity contribution is 7.80. The highest BCUT2D eigenvalue weighted by Crippen LogP contribution is 2.51. The summed E-state index contributed by atoms with van der Waals surface area (Å²) in [5, 5.41) is 2.92. The first kappa shape index (κ1) is 11.4. The van der Waals surface area contributed by atoms with Gasteiger partial charge in [0.1, 0.15) is 0 Å². The van der Waals surface area contributed by atoms with E-state index in [1.807, 2.05) is 6.92 Å². The van der Waals surface area contributed by atoms with Gasteiger partial charge in [-0.15, -0.1) is 0 Å². The molecule has 4 heteroatoms. The number of hydrogen-bond donors (Lipinski definition) is 2. The first-order valence-electron chi connectivity index (χ1n) is 4.91. The molecule has 2 atom stereocenters. The highest BCUT2D eigenvalue weighted by atomic mass is 32.1. The van der Waals surface area contributed by atoms with Crippen LogP contribution in [-0.4, -0.2) is 16.9 Å². The fourth-order valence-corrected chi connectivity index (χ4v) is 1.86. The fourth-order valence-electron chi connectivity index (χ4n) is 1.61. The van der Waals surface area contributed by atoms with E-state index in [9.17, 15) is 4.79 Å². The van der Waals surface area contributed by atoms with Crippen LogP contribution in [0.1, 0.15) is 33.6 Å². The number of hydrogen-bond acceptors (Lipinski definition) is 2. The molecule has 1 aliphatic carbocycles. The van der Waals surface area contributed by atoms with Gasteiger partial charge in [0.15, 0.2) is 0 Å². The third-order valence-corrected chi connectivity index (χ3v) is 2.89. The first-order chi connectivity index (χ1) is 6.33. The molecule has 3 nitrogen and oxygen atoms in total. The monoisotopic (exact) mass is 214 g/mol. The summed E-state index contributed by atoms with van der Waals surface area (Å²) in [4.78, 5) is 12.1. The number of nitrogens with one attached hydrogen (secondary N) is 1. The van der Waals surface area contributed by atoms with Crippen LogP contribution in [0.25, 0.3) is 0 Å². The second-order valence-corrected chi connectivity index (χ2v) is 5.35. The maximum Gasteiger partial charge on any atom is 0.223 e. The van der Waals surface area contributed by atoms with Crippen molar-refractivity contribution in [3.63, 3.8) is 0 Å². The molecule has 0 radical (unpaired) electrons. The topological polar surface area (TPSA) is 55.1 Å². The summed E-state index contributed by atoms with van der Waals surface area (Å²) in [6.07, 6.45) is 1.56. The standard InChI is InChI=1S/C10H18N2OS/c1-6(4-8(11)14)12-9(13)7-5-10(7,2)3/h6-7H,4-5H2,1-3H3,(H2,11,14)(H,12,13). The molecule has 0 bridgehead atoms. The van der Waals surface area contributed by atoms with Crippen molar-refractivity contribution in [2.75, 3.05) is 0 Å². The molecule has 0 heterocycles. The lowest BCUT2D eigenvalue weighted by Crippen LogP contribution is -2.36. The maximum atomic E-state index is 11.6. The number of carbonyl (C=O) groups is 1. The molecule has 0 aliphatic heterocycles. The van der Waals surface area contributed by atoms with Gasteiger partial charge in [-0.3, -0.25) is 4.79 Å². The van der Waals surface area contributed by atoms with Crippen LogP contribution in [0.3, 0.4) is 0 Å². The summed E-state index contributed by atoms with van der Waals surface area (Å²) < 4.78 is 0. The number of carbonyl (C=O) groups excluding carboxylic acids is 1. The number of nitrogens with two attached hydrogens (primary N) is 1. The van der Waals surface area contributed by atoms with Crippen LogP contribution in [0.4, 0.5) is 0 Å². The Morgan fingerprint density at radius 3 is 2.57 bits per heavy atom. The molecule has 1 rings (SSSR count). The second kappa shape index (κ2) is 3.85. The summed E-state index contributed by atoms with van der Waals surface area (Å²) in [6.45, 7) is 6.14. The van der Waals surface area contributed by atoms with Crippen molar-refractivity contribution in [2.24, 2.45) is 17.1 Å². The molecule has 1 aliphatic rings. The molecule has 2 unspecified atom stereocenters. The largest absolute Gasteiger partial charge is 0.393 e. The van der Waals surface area contributed by atoms with Crippen LogP contribution in [-0.2, 0) is 4.79 Å². The summed E-state index contributed by atoms with van der Waals surface area (Å²) in [6, 6.07) is 0.0522. The third-order valence-electron chi connectivity index (χ3n) is 2.73. The molecule has 80 valence electrons. The molecular formula is C10H18N2OS. The van der Waals surface area contributed by atoms with Crippen LogP contribution in [0.5, 0.6) is 0 Å². The Bertz CT molecular complexity index is 263. The Balaban J connectivity index is 2.31. The van der Waals surface area contributed by atoms with Crippen LogP contribution < -0.4 is 11.1 Å². The lowest BCUT2D eigenvalue weighted by atomic mass is 10.1. The minimum atomic E-state index is 0.0522. The molecule has 0 aromatic heterocycles. The summed E-state index contributed by atoms with van der Waals surface area (Å²) in [5.41, 5.74) is 5.58. The number of rotatable bonds is 4. The van der Waals surface area contributed by atoms with E-state index in [-0.39, 0.29) is 23.3 Å². The molecule has 1 amide bonds.